The van der Waals surface area contributed by atoms with Gasteiger partial charge in [-0.15, -0.1) is 0 Å². The summed E-state index contributed by atoms with van der Waals surface area (Å²) in [6, 6.07) is 9.09. The zero-order chi connectivity index (χ0) is 27.6. The summed E-state index contributed by atoms with van der Waals surface area (Å²) in [5.74, 6) is 0.525. The Labute approximate surface area is 223 Å². The normalized spacial score (nSPS) is 18.2. The first-order chi connectivity index (χ1) is 18.4. The minimum atomic E-state index is -1.18. The van der Waals surface area contributed by atoms with Crippen molar-refractivity contribution in [2.24, 2.45) is 11.8 Å². The van der Waals surface area contributed by atoms with Gasteiger partial charge in [-0.25, -0.2) is 14.4 Å². The molecule has 11 heteroatoms. The number of esters is 1. The van der Waals surface area contributed by atoms with E-state index in [2.05, 4.69) is 23.8 Å². The Kier molecular flexibility index (Phi) is 14.4. The molecule has 0 bridgehead atoms. The van der Waals surface area contributed by atoms with Crippen LogP contribution in [0.1, 0.15) is 25.7 Å². The zero-order valence-corrected chi connectivity index (χ0v) is 21.5. The molecule has 0 spiro atoms. The third-order valence-electron chi connectivity index (χ3n) is 5.80. The molecule has 11 nitrogen and oxygen atoms in total. The van der Waals surface area contributed by atoms with E-state index in [4.69, 9.17) is 23.7 Å². The second-order valence-corrected chi connectivity index (χ2v) is 8.78. The van der Waals surface area contributed by atoms with Crippen molar-refractivity contribution in [3.05, 3.63) is 55.6 Å². The van der Waals surface area contributed by atoms with Crippen molar-refractivity contribution in [2.75, 3.05) is 39.5 Å². The smallest absolute Gasteiger partial charge is 0.407 e. The van der Waals surface area contributed by atoms with Crippen LogP contribution >= 0.6 is 0 Å². The standard InChI is InChI=1S/C27H38N2O9/c1-3-24(30)34-13-14-35-26(32)28-16-20-9-8-10-21(15-20)17-29-27(33)38-23(19-37-25(31)4-2)18-36-22-11-6-5-7-12-22/h3-7,11-12,20-21,23,25,31H,1-2,8-10,13-19H2,(H,28,32)(H,29,33). The number of alkyl carbamates (subject to hydrolysis) is 2. The third kappa shape index (κ3) is 13.1. The van der Waals surface area contributed by atoms with Crippen LogP contribution in [0.25, 0.3) is 0 Å². The summed E-state index contributed by atoms with van der Waals surface area (Å²) in [5, 5.41) is 15.1. The lowest BCUT2D eigenvalue weighted by Gasteiger charge is -2.29. The summed E-state index contributed by atoms with van der Waals surface area (Å²) >= 11 is 0. The van der Waals surface area contributed by atoms with Crippen molar-refractivity contribution in [2.45, 2.75) is 38.1 Å². The summed E-state index contributed by atoms with van der Waals surface area (Å²) in [7, 11) is 0. The Balaban J connectivity index is 1.70. The second-order valence-electron chi connectivity index (χ2n) is 8.78. The molecule has 1 aliphatic rings. The highest BCUT2D eigenvalue weighted by Gasteiger charge is 2.24. The molecule has 38 heavy (non-hydrogen) atoms. The van der Waals surface area contributed by atoms with Crippen molar-refractivity contribution >= 4 is 18.2 Å². The topological polar surface area (TPSA) is 142 Å². The van der Waals surface area contributed by atoms with Crippen LogP contribution < -0.4 is 15.4 Å². The van der Waals surface area contributed by atoms with Crippen molar-refractivity contribution in [1.29, 1.82) is 0 Å². The number of carbonyl (C=O) groups excluding carboxylic acids is 3. The average Bonchev–Trinajstić information content (AvgIpc) is 2.94. The number of ether oxygens (including phenoxy) is 5. The van der Waals surface area contributed by atoms with E-state index >= 15 is 0 Å². The summed E-state index contributed by atoms with van der Waals surface area (Å²) in [4.78, 5) is 35.3. The quantitative estimate of drug-likeness (QED) is 0.0729. The molecule has 210 valence electrons. The van der Waals surface area contributed by atoms with Crippen molar-refractivity contribution in [3.63, 3.8) is 0 Å². The molecule has 0 aromatic heterocycles. The fourth-order valence-electron chi connectivity index (χ4n) is 3.90. The SMILES string of the molecule is C=CC(=O)OCCOC(=O)NCC1CCCC(CNC(=O)OC(COc2ccccc2)COC(O)C=C)C1. The monoisotopic (exact) mass is 534 g/mol. The van der Waals surface area contributed by atoms with Crippen LogP contribution in [0.3, 0.4) is 0 Å². The lowest BCUT2D eigenvalue weighted by molar-refractivity contribution is -0.138. The Morgan fingerprint density at radius 3 is 2.29 bits per heavy atom. The number of hydrogen-bond acceptors (Lipinski definition) is 9. The van der Waals surface area contributed by atoms with Gasteiger partial charge in [0.1, 0.15) is 25.6 Å². The molecule has 2 amide bonds. The number of nitrogens with one attached hydrogen (secondary N) is 2. The van der Waals surface area contributed by atoms with Crippen LogP contribution in [0, 0.1) is 11.8 Å². The molecule has 0 aliphatic heterocycles. The van der Waals surface area contributed by atoms with E-state index < -0.39 is 30.5 Å². The molecule has 1 aromatic carbocycles. The van der Waals surface area contributed by atoms with Gasteiger partial charge in [-0.3, -0.25) is 0 Å². The van der Waals surface area contributed by atoms with Crippen LogP contribution in [0.5, 0.6) is 5.75 Å². The van der Waals surface area contributed by atoms with Gasteiger partial charge in [0.25, 0.3) is 0 Å². The maximum absolute atomic E-state index is 12.5. The minimum absolute atomic E-state index is 0.0360. The summed E-state index contributed by atoms with van der Waals surface area (Å²) in [6.45, 7) is 7.51. The summed E-state index contributed by atoms with van der Waals surface area (Å²) in [5.41, 5.74) is 0. The first-order valence-corrected chi connectivity index (χ1v) is 12.6. The molecular formula is C27H38N2O9. The van der Waals surface area contributed by atoms with Crippen LogP contribution in [0.4, 0.5) is 9.59 Å². The molecular weight excluding hydrogens is 496 g/mol. The van der Waals surface area contributed by atoms with E-state index in [0.29, 0.717) is 18.8 Å². The molecule has 1 aliphatic carbocycles. The van der Waals surface area contributed by atoms with E-state index in [-0.39, 0.29) is 38.3 Å². The van der Waals surface area contributed by atoms with Gasteiger partial charge in [0.15, 0.2) is 12.4 Å². The molecule has 0 radical (unpaired) electrons. The van der Waals surface area contributed by atoms with Crippen molar-refractivity contribution in [1.82, 2.24) is 10.6 Å². The summed E-state index contributed by atoms with van der Waals surface area (Å²) < 4.78 is 26.1. The van der Waals surface area contributed by atoms with E-state index in [1.165, 1.54) is 6.08 Å². The van der Waals surface area contributed by atoms with Gasteiger partial charge in [-0.05, 0) is 49.3 Å². The Bertz CT molecular complexity index is 881. The van der Waals surface area contributed by atoms with Gasteiger partial charge in [0.2, 0.25) is 0 Å². The number of amides is 2. The number of aliphatic hydroxyl groups is 1. The van der Waals surface area contributed by atoms with E-state index in [1.54, 1.807) is 12.1 Å². The number of hydrogen-bond donors (Lipinski definition) is 3. The Morgan fingerprint density at radius 1 is 0.974 bits per heavy atom. The fourth-order valence-corrected chi connectivity index (χ4v) is 3.90. The van der Waals surface area contributed by atoms with E-state index in [0.717, 1.165) is 31.8 Å². The molecule has 0 heterocycles. The molecule has 3 N–H and O–H groups in total. The van der Waals surface area contributed by atoms with Crippen LogP contribution in [-0.4, -0.2) is 75.2 Å². The van der Waals surface area contributed by atoms with E-state index in [1.807, 2.05) is 18.2 Å². The highest BCUT2D eigenvalue weighted by Crippen LogP contribution is 2.28. The molecule has 4 atom stereocenters. The second kappa shape index (κ2) is 17.8. The number of rotatable bonds is 16. The fraction of sp³-hybridized carbons (Fsp3) is 0.519. The predicted molar refractivity (Wildman–Crippen MR) is 138 cm³/mol. The van der Waals surface area contributed by atoms with Gasteiger partial charge >= 0.3 is 18.2 Å². The predicted octanol–water partition coefficient (Wildman–Crippen LogP) is 2.94. The molecule has 2 rings (SSSR count). The lowest BCUT2D eigenvalue weighted by atomic mass is 9.81. The first-order valence-electron chi connectivity index (χ1n) is 12.6. The summed E-state index contributed by atoms with van der Waals surface area (Å²) in [6.07, 6.45) is 2.86. The maximum Gasteiger partial charge on any atom is 0.407 e. The lowest BCUT2D eigenvalue weighted by Crippen LogP contribution is -2.39. The highest BCUT2D eigenvalue weighted by molar-refractivity contribution is 5.81. The first kappa shape index (κ1) is 30.7. The number of benzene rings is 1. The van der Waals surface area contributed by atoms with Crippen LogP contribution in [-0.2, 0) is 23.7 Å². The van der Waals surface area contributed by atoms with Gasteiger partial charge < -0.3 is 39.4 Å². The third-order valence-corrected chi connectivity index (χ3v) is 5.80. The number of para-hydroxylation sites is 1. The highest BCUT2D eigenvalue weighted by atomic mass is 16.6. The maximum atomic E-state index is 12.5. The minimum Gasteiger partial charge on any atom is -0.490 e. The Morgan fingerprint density at radius 2 is 1.63 bits per heavy atom. The molecule has 1 saturated carbocycles. The van der Waals surface area contributed by atoms with Gasteiger partial charge in [-0.2, -0.15) is 0 Å². The van der Waals surface area contributed by atoms with Gasteiger partial charge in [0.05, 0.1) is 6.61 Å². The van der Waals surface area contributed by atoms with Gasteiger partial charge in [-0.1, -0.05) is 37.8 Å². The largest absolute Gasteiger partial charge is 0.490 e. The van der Waals surface area contributed by atoms with E-state index in [9.17, 15) is 19.5 Å². The van der Waals surface area contributed by atoms with Gasteiger partial charge in [0, 0.05) is 19.2 Å². The Hall–Kier alpha value is -3.57. The average molecular weight is 535 g/mol. The van der Waals surface area contributed by atoms with Crippen LogP contribution in [0.2, 0.25) is 0 Å². The van der Waals surface area contributed by atoms with Crippen molar-refractivity contribution < 1.29 is 43.2 Å². The molecule has 4 unspecified atom stereocenters. The molecule has 1 fully saturated rings. The number of aliphatic hydroxyl groups excluding tert-OH is 1. The molecule has 1 aromatic rings. The molecule has 0 saturated heterocycles. The zero-order valence-electron chi connectivity index (χ0n) is 21.5. The number of carbonyl (C=O) groups is 3. The van der Waals surface area contributed by atoms with Crippen LogP contribution in [0.15, 0.2) is 55.6 Å². The van der Waals surface area contributed by atoms with Crippen molar-refractivity contribution in [3.8, 4) is 5.75 Å².